The molecule has 0 aliphatic rings. The summed E-state index contributed by atoms with van der Waals surface area (Å²) in [6.45, 7) is 1.96. The second-order valence-corrected chi connectivity index (χ2v) is 7.81. The van der Waals surface area contributed by atoms with Crippen LogP contribution in [0.25, 0.3) is 0 Å². The lowest BCUT2D eigenvalue weighted by molar-refractivity contribution is -0.138. The monoisotopic (exact) mass is 493 g/mol. The van der Waals surface area contributed by atoms with E-state index in [1.54, 1.807) is 30.3 Å². The van der Waals surface area contributed by atoms with Gasteiger partial charge in [0.05, 0.1) is 5.56 Å². The van der Waals surface area contributed by atoms with Gasteiger partial charge in [-0.2, -0.15) is 13.2 Å². The number of aryl methyl sites for hydroxylation is 1. The first kappa shape index (κ1) is 24.5. The first-order valence-corrected chi connectivity index (χ1v) is 10.9. The van der Waals surface area contributed by atoms with Gasteiger partial charge in [0.25, 0.3) is 0 Å². The Hall–Kier alpha value is -4.60. The lowest BCUT2D eigenvalue weighted by Gasteiger charge is -2.13. The summed E-state index contributed by atoms with van der Waals surface area (Å²) in [6, 6.07) is 20.9. The van der Waals surface area contributed by atoms with Crippen LogP contribution in [0.15, 0.2) is 85.2 Å². The summed E-state index contributed by atoms with van der Waals surface area (Å²) in [5, 5.41) is 8.19. The van der Waals surface area contributed by atoms with Gasteiger partial charge in [0.15, 0.2) is 0 Å². The Balaban J connectivity index is 1.33. The van der Waals surface area contributed by atoms with Gasteiger partial charge in [-0.1, -0.05) is 36.4 Å². The number of anilines is 3. The summed E-state index contributed by atoms with van der Waals surface area (Å²) in [6.07, 6.45) is -3.12. The van der Waals surface area contributed by atoms with Gasteiger partial charge in [0, 0.05) is 24.0 Å². The summed E-state index contributed by atoms with van der Waals surface area (Å²) in [4.78, 5) is 20.5. The minimum absolute atomic E-state index is 0.0332. The molecule has 0 unspecified atom stereocenters. The van der Waals surface area contributed by atoms with E-state index in [1.165, 1.54) is 25.4 Å². The number of rotatable bonds is 7. The molecule has 0 saturated carbocycles. The largest absolute Gasteiger partial charge is 0.439 e. The molecule has 1 heterocycles. The number of amides is 2. The molecule has 0 radical (unpaired) electrons. The average Bonchev–Trinajstić information content (AvgIpc) is 2.85. The molecule has 0 bridgehead atoms. The molecule has 0 atom stereocenters. The van der Waals surface area contributed by atoms with Crippen LogP contribution in [-0.2, 0) is 12.7 Å². The van der Waals surface area contributed by atoms with Crippen LogP contribution in [0.2, 0.25) is 0 Å². The van der Waals surface area contributed by atoms with Crippen LogP contribution in [-0.4, -0.2) is 16.0 Å². The van der Waals surface area contributed by atoms with Crippen LogP contribution in [0.4, 0.5) is 35.2 Å². The molecule has 2 amide bonds. The lowest BCUT2D eigenvalue weighted by atomic mass is 10.1. The van der Waals surface area contributed by atoms with E-state index in [4.69, 9.17) is 4.74 Å². The van der Waals surface area contributed by atoms with Crippen molar-refractivity contribution in [1.29, 1.82) is 0 Å². The van der Waals surface area contributed by atoms with Crippen LogP contribution in [0.5, 0.6) is 11.6 Å². The number of hydrogen-bond donors (Lipinski definition) is 3. The van der Waals surface area contributed by atoms with Crippen LogP contribution in [0.3, 0.4) is 0 Å². The first-order valence-electron chi connectivity index (χ1n) is 10.9. The van der Waals surface area contributed by atoms with E-state index in [2.05, 4.69) is 25.9 Å². The fourth-order valence-electron chi connectivity index (χ4n) is 3.31. The molecule has 36 heavy (non-hydrogen) atoms. The maximum absolute atomic E-state index is 13.1. The van der Waals surface area contributed by atoms with E-state index >= 15 is 0 Å². The molecule has 0 saturated heterocycles. The molecular formula is C26H22F3N5O2. The number of aromatic nitrogens is 2. The highest BCUT2D eigenvalue weighted by Crippen LogP contribution is 2.33. The number of nitrogens with zero attached hydrogens (tertiary/aromatic N) is 2. The Kier molecular flexibility index (Phi) is 7.33. The Morgan fingerprint density at radius 2 is 1.58 bits per heavy atom. The first-order chi connectivity index (χ1) is 17.3. The number of carbonyl (C=O) groups is 1. The topological polar surface area (TPSA) is 88.2 Å². The van der Waals surface area contributed by atoms with Gasteiger partial charge >= 0.3 is 12.2 Å². The second-order valence-electron chi connectivity index (χ2n) is 7.81. The van der Waals surface area contributed by atoms with Crippen LogP contribution in [0, 0.1) is 6.92 Å². The van der Waals surface area contributed by atoms with Gasteiger partial charge in [-0.15, -0.1) is 0 Å². The fourth-order valence-corrected chi connectivity index (χ4v) is 3.31. The molecular weight excluding hydrogens is 471 g/mol. The molecule has 0 spiro atoms. The maximum atomic E-state index is 13.1. The highest BCUT2D eigenvalue weighted by molar-refractivity contribution is 5.99. The van der Waals surface area contributed by atoms with Crippen molar-refractivity contribution < 1.29 is 22.7 Å². The number of hydrogen-bond acceptors (Lipinski definition) is 5. The Morgan fingerprint density at radius 3 is 2.31 bits per heavy atom. The summed E-state index contributed by atoms with van der Waals surface area (Å²) in [7, 11) is 0. The van der Waals surface area contributed by atoms with Crippen LogP contribution >= 0.6 is 0 Å². The minimum Gasteiger partial charge on any atom is -0.439 e. The number of benzene rings is 3. The van der Waals surface area contributed by atoms with Crippen molar-refractivity contribution in [3.05, 3.63) is 102 Å². The molecule has 184 valence electrons. The number of halogens is 3. The quantitative estimate of drug-likeness (QED) is 0.262. The van der Waals surface area contributed by atoms with Crippen molar-refractivity contribution in [1.82, 2.24) is 9.97 Å². The number of ether oxygens (including phenoxy) is 1. The van der Waals surface area contributed by atoms with Gasteiger partial charge in [0.1, 0.15) is 17.9 Å². The Morgan fingerprint density at radius 1 is 0.889 bits per heavy atom. The standard InChI is InChI=1S/C26H22F3N5O2/c1-17-7-8-20(13-22(17)26(27,28)29)34-25(35)33-19-9-11-21(12-10-19)36-24-14-23(31-16-32-24)30-15-18-5-3-2-4-6-18/h2-14,16H,15H2,1H3,(H,30,31,32)(H2,33,34,35). The summed E-state index contributed by atoms with van der Waals surface area (Å²) < 4.78 is 45.0. The van der Waals surface area contributed by atoms with Gasteiger partial charge in [-0.25, -0.2) is 14.8 Å². The van der Waals surface area contributed by atoms with Crippen LogP contribution in [0.1, 0.15) is 16.7 Å². The van der Waals surface area contributed by atoms with E-state index < -0.39 is 17.8 Å². The number of urea groups is 1. The normalized spacial score (nSPS) is 11.0. The van der Waals surface area contributed by atoms with E-state index in [-0.39, 0.29) is 11.3 Å². The van der Waals surface area contributed by atoms with E-state index in [1.807, 2.05) is 30.3 Å². The van der Waals surface area contributed by atoms with Crippen molar-refractivity contribution in [2.75, 3.05) is 16.0 Å². The molecule has 7 nitrogen and oxygen atoms in total. The Bertz CT molecular complexity index is 1330. The fraction of sp³-hybridized carbons (Fsp3) is 0.115. The zero-order valence-electron chi connectivity index (χ0n) is 19.1. The van der Waals surface area contributed by atoms with E-state index in [0.717, 1.165) is 11.6 Å². The number of alkyl halides is 3. The highest BCUT2D eigenvalue weighted by atomic mass is 19.4. The molecule has 4 aromatic rings. The summed E-state index contributed by atoms with van der Waals surface area (Å²) in [5.41, 5.74) is 0.840. The van der Waals surface area contributed by atoms with Crippen molar-refractivity contribution >= 4 is 23.2 Å². The second kappa shape index (κ2) is 10.8. The summed E-state index contributed by atoms with van der Waals surface area (Å²) >= 11 is 0. The van der Waals surface area contributed by atoms with Crippen molar-refractivity contribution in [2.24, 2.45) is 0 Å². The molecule has 1 aromatic heterocycles. The third kappa shape index (κ3) is 6.72. The molecule has 10 heteroatoms. The molecule has 0 fully saturated rings. The van der Waals surface area contributed by atoms with Crippen LogP contribution < -0.4 is 20.7 Å². The van der Waals surface area contributed by atoms with Crippen molar-refractivity contribution in [3.8, 4) is 11.6 Å². The SMILES string of the molecule is Cc1ccc(NC(=O)Nc2ccc(Oc3cc(NCc4ccccc4)ncn3)cc2)cc1C(F)(F)F. The van der Waals surface area contributed by atoms with Crippen molar-refractivity contribution in [3.63, 3.8) is 0 Å². The average molecular weight is 493 g/mol. The zero-order valence-corrected chi connectivity index (χ0v) is 19.1. The molecule has 0 aliphatic heterocycles. The van der Waals surface area contributed by atoms with E-state index in [0.29, 0.717) is 29.7 Å². The molecule has 4 rings (SSSR count). The minimum atomic E-state index is -4.50. The molecule has 3 aromatic carbocycles. The maximum Gasteiger partial charge on any atom is 0.416 e. The van der Waals surface area contributed by atoms with Crippen molar-refractivity contribution in [2.45, 2.75) is 19.6 Å². The predicted molar refractivity (Wildman–Crippen MR) is 131 cm³/mol. The third-order valence-corrected chi connectivity index (χ3v) is 5.09. The smallest absolute Gasteiger partial charge is 0.416 e. The lowest BCUT2D eigenvalue weighted by Crippen LogP contribution is -2.20. The van der Waals surface area contributed by atoms with Gasteiger partial charge in [0.2, 0.25) is 5.88 Å². The predicted octanol–water partition coefficient (Wildman–Crippen LogP) is 6.85. The molecule has 0 aliphatic carbocycles. The third-order valence-electron chi connectivity index (χ3n) is 5.09. The van der Waals surface area contributed by atoms with Gasteiger partial charge in [-0.3, -0.25) is 0 Å². The van der Waals surface area contributed by atoms with Gasteiger partial charge in [-0.05, 0) is 54.4 Å². The molecule has 3 N–H and O–H groups in total. The van der Waals surface area contributed by atoms with Gasteiger partial charge < -0.3 is 20.7 Å². The van der Waals surface area contributed by atoms with E-state index in [9.17, 15) is 18.0 Å². The highest BCUT2D eigenvalue weighted by Gasteiger charge is 2.32. The summed E-state index contributed by atoms with van der Waals surface area (Å²) in [5.74, 6) is 1.41. The zero-order chi connectivity index (χ0) is 25.5. The Labute approximate surface area is 205 Å². The number of nitrogens with one attached hydrogen (secondary N) is 3. The number of carbonyl (C=O) groups excluding carboxylic acids is 1.